The fourth-order valence-electron chi connectivity index (χ4n) is 1.11. The largest absolute Gasteiger partial charge is 0.254 e. The third-order valence-electron chi connectivity index (χ3n) is 1.86. The second-order valence-electron chi connectivity index (χ2n) is 4.16. The highest BCUT2D eigenvalue weighted by Gasteiger charge is 2.20. The van der Waals surface area contributed by atoms with E-state index < -0.39 is 10.8 Å². The predicted molar refractivity (Wildman–Crippen MR) is 62.7 cm³/mol. The third kappa shape index (κ3) is 2.55. The van der Waals surface area contributed by atoms with Gasteiger partial charge in [-0.1, -0.05) is 24.8 Å². The van der Waals surface area contributed by atoms with Gasteiger partial charge in [0.15, 0.2) is 0 Å². The Hall–Kier alpha value is -0.890. The van der Waals surface area contributed by atoms with Gasteiger partial charge >= 0.3 is 0 Å². The Kier molecular flexibility index (Phi) is 3.27. The van der Waals surface area contributed by atoms with Crippen molar-refractivity contribution in [3.63, 3.8) is 0 Å². The van der Waals surface area contributed by atoms with E-state index in [0.717, 1.165) is 10.5 Å². The molecule has 0 saturated heterocycles. The molecule has 0 aliphatic rings. The van der Waals surface area contributed by atoms with Gasteiger partial charge in [-0.25, -0.2) is 0 Å². The van der Waals surface area contributed by atoms with Crippen molar-refractivity contribution >= 4 is 16.9 Å². The Labute approximate surface area is 88.3 Å². The van der Waals surface area contributed by atoms with Crippen molar-refractivity contribution in [1.82, 2.24) is 0 Å². The van der Waals surface area contributed by atoms with Crippen LogP contribution in [0.1, 0.15) is 26.3 Å². The molecule has 1 unspecified atom stereocenters. The van der Waals surface area contributed by atoms with Crippen molar-refractivity contribution in [1.29, 1.82) is 0 Å². The lowest BCUT2D eigenvalue weighted by atomic mass is 10.2. The highest BCUT2D eigenvalue weighted by molar-refractivity contribution is 7.86. The standard InChI is InChI=1S/C12H16OS/c1-5-10-7-6-8-11(9-10)14(13)12(2,3)4/h5-9H,1H2,2-4H3. The first-order valence-corrected chi connectivity index (χ1v) is 5.74. The number of rotatable bonds is 2. The van der Waals surface area contributed by atoms with Crippen molar-refractivity contribution < 1.29 is 4.21 Å². The van der Waals surface area contributed by atoms with Gasteiger partial charge in [0.2, 0.25) is 0 Å². The van der Waals surface area contributed by atoms with Gasteiger partial charge in [-0.05, 0) is 38.5 Å². The summed E-state index contributed by atoms with van der Waals surface area (Å²) in [7, 11) is -0.960. The summed E-state index contributed by atoms with van der Waals surface area (Å²) in [5, 5.41) is 0. The second-order valence-corrected chi connectivity index (χ2v) is 6.39. The van der Waals surface area contributed by atoms with Gasteiger partial charge in [-0.15, -0.1) is 0 Å². The summed E-state index contributed by atoms with van der Waals surface area (Å²) in [5.74, 6) is 0. The molecular weight excluding hydrogens is 192 g/mol. The lowest BCUT2D eigenvalue weighted by molar-refractivity contribution is 0.649. The van der Waals surface area contributed by atoms with Crippen molar-refractivity contribution in [2.45, 2.75) is 30.4 Å². The van der Waals surface area contributed by atoms with E-state index in [9.17, 15) is 4.21 Å². The summed E-state index contributed by atoms with van der Waals surface area (Å²) in [6.45, 7) is 9.62. The SMILES string of the molecule is C=Cc1cccc(S(=O)C(C)(C)C)c1. The van der Waals surface area contributed by atoms with E-state index in [4.69, 9.17) is 0 Å². The number of hydrogen-bond donors (Lipinski definition) is 0. The quantitative estimate of drug-likeness (QED) is 0.729. The van der Waals surface area contributed by atoms with Crippen LogP contribution in [0.5, 0.6) is 0 Å². The van der Waals surface area contributed by atoms with Gasteiger partial charge < -0.3 is 0 Å². The highest BCUT2D eigenvalue weighted by atomic mass is 32.2. The molecular formula is C12H16OS. The third-order valence-corrected chi connectivity index (χ3v) is 3.66. The van der Waals surface area contributed by atoms with Gasteiger partial charge in [-0.3, -0.25) is 4.21 Å². The van der Waals surface area contributed by atoms with E-state index in [1.165, 1.54) is 0 Å². The van der Waals surface area contributed by atoms with Crippen LogP contribution in [0.3, 0.4) is 0 Å². The lowest BCUT2D eigenvalue weighted by Crippen LogP contribution is -2.21. The topological polar surface area (TPSA) is 17.1 Å². The van der Waals surface area contributed by atoms with Gasteiger partial charge in [0.25, 0.3) is 0 Å². The summed E-state index contributed by atoms with van der Waals surface area (Å²) >= 11 is 0. The van der Waals surface area contributed by atoms with E-state index in [2.05, 4.69) is 6.58 Å². The molecule has 0 bridgehead atoms. The van der Waals surface area contributed by atoms with Gasteiger partial charge in [0.05, 0.1) is 10.8 Å². The lowest BCUT2D eigenvalue weighted by Gasteiger charge is -2.17. The van der Waals surface area contributed by atoms with Crippen LogP contribution < -0.4 is 0 Å². The average molecular weight is 208 g/mol. The molecule has 1 nitrogen and oxygen atoms in total. The highest BCUT2D eigenvalue weighted by Crippen LogP contribution is 2.21. The van der Waals surface area contributed by atoms with Crippen LogP contribution in [-0.2, 0) is 10.8 Å². The van der Waals surface area contributed by atoms with Crippen LogP contribution in [0.2, 0.25) is 0 Å². The Morgan fingerprint density at radius 1 is 1.36 bits per heavy atom. The van der Waals surface area contributed by atoms with Gasteiger partial charge in [-0.2, -0.15) is 0 Å². The van der Waals surface area contributed by atoms with Crippen LogP contribution in [0.4, 0.5) is 0 Å². The molecule has 0 aromatic heterocycles. The summed E-state index contributed by atoms with van der Waals surface area (Å²) in [6, 6.07) is 7.69. The first-order valence-electron chi connectivity index (χ1n) is 4.59. The van der Waals surface area contributed by atoms with Gasteiger partial charge in [0, 0.05) is 9.64 Å². The molecule has 14 heavy (non-hydrogen) atoms. The molecule has 1 aromatic carbocycles. The zero-order valence-electron chi connectivity index (χ0n) is 8.91. The molecule has 0 radical (unpaired) electrons. The molecule has 0 spiro atoms. The molecule has 0 N–H and O–H groups in total. The Bertz CT molecular complexity index is 361. The van der Waals surface area contributed by atoms with E-state index in [0.29, 0.717) is 0 Å². The fraction of sp³-hybridized carbons (Fsp3) is 0.333. The first kappa shape index (κ1) is 11.2. The minimum Gasteiger partial charge on any atom is -0.254 e. The maximum absolute atomic E-state index is 12.0. The Morgan fingerprint density at radius 3 is 2.50 bits per heavy atom. The van der Waals surface area contributed by atoms with Crippen molar-refractivity contribution in [2.75, 3.05) is 0 Å². The van der Waals surface area contributed by atoms with E-state index in [-0.39, 0.29) is 4.75 Å². The first-order chi connectivity index (χ1) is 6.45. The molecule has 76 valence electrons. The molecule has 1 atom stereocenters. The fourth-order valence-corrected chi connectivity index (χ4v) is 2.26. The zero-order chi connectivity index (χ0) is 10.8. The molecule has 1 aromatic rings. The van der Waals surface area contributed by atoms with Crippen molar-refractivity contribution in [3.05, 3.63) is 36.4 Å². The van der Waals surface area contributed by atoms with Crippen molar-refractivity contribution in [2.24, 2.45) is 0 Å². The van der Waals surface area contributed by atoms with Crippen molar-refractivity contribution in [3.8, 4) is 0 Å². The van der Waals surface area contributed by atoms with E-state index >= 15 is 0 Å². The normalized spacial score (nSPS) is 13.6. The van der Waals surface area contributed by atoms with Gasteiger partial charge in [0.1, 0.15) is 0 Å². The molecule has 2 heteroatoms. The molecule has 0 fully saturated rings. The molecule has 0 saturated carbocycles. The minimum absolute atomic E-state index is 0.209. The summed E-state index contributed by atoms with van der Waals surface area (Å²) in [5.41, 5.74) is 1.01. The average Bonchev–Trinajstić information content (AvgIpc) is 2.15. The number of hydrogen-bond acceptors (Lipinski definition) is 1. The Morgan fingerprint density at radius 2 is 2.00 bits per heavy atom. The van der Waals surface area contributed by atoms with E-state index in [1.807, 2.05) is 45.0 Å². The summed E-state index contributed by atoms with van der Waals surface area (Å²) in [4.78, 5) is 0.870. The molecule has 1 rings (SSSR count). The van der Waals surface area contributed by atoms with Crippen LogP contribution in [0, 0.1) is 0 Å². The van der Waals surface area contributed by atoms with Crippen LogP contribution in [0.15, 0.2) is 35.7 Å². The number of benzene rings is 1. The smallest absolute Gasteiger partial charge is 0.0583 e. The monoisotopic (exact) mass is 208 g/mol. The molecule has 0 amide bonds. The maximum Gasteiger partial charge on any atom is 0.0583 e. The zero-order valence-corrected chi connectivity index (χ0v) is 9.73. The minimum atomic E-state index is -0.960. The van der Waals surface area contributed by atoms with Crippen LogP contribution in [-0.4, -0.2) is 8.96 Å². The Balaban J connectivity index is 3.08. The second kappa shape index (κ2) is 4.09. The van der Waals surface area contributed by atoms with Crippen LogP contribution in [0.25, 0.3) is 6.08 Å². The molecule has 0 heterocycles. The summed E-state index contributed by atoms with van der Waals surface area (Å²) < 4.78 is 11.8. The maximum atomic E-state index is 12.0. The molecule has 0 aliphatic heterocycles. The predicted octanol–water partition coefficient (Wildman–Crippen LogP) is 3.24. The summed E-state index contributed by atoms with van der Waals surface area (Å²) in [6.07, 6.45) is 1.77. The molecule has 0 aliphatic carbocycles. The van der Waals surface area contributed by atoms with Crippen LogP contribution >= 0.6 is 0 Å². The van der Waals surface area contributed by atoms with E-state index in [1.54, 1.807) is 6.08 Å².